The zero-order valence-electron chi connectivity index (χ0n) is 39.4. The van der Waals surface area contributed by atoms with Crippen LogP contribution in [-0.2, 0) is 43.3 Å². The molecule has 16 nitrogen and oxygen atoms in total. The van der Waals surface area contributed by atoms with Gasteiger partial charge in [0.05, 0.1) is 63.3 Å². The van der Waals surface area contributed by atoms with Gasteiger partial charge in [0, 0.05) is 74.6 Å². The normalized spacial score (nSPS) is 16.5. The van der Waals surface area contributed by atoms with Gasteiger partial charge in [-0.1, -0.05) is 54.6 Å². The molecule has 0 aromatic heterocycles. The lowest BCUT2D eigenvalue weighted by Gasteiger charge is -2.30. The quantitative estimate of drug-likeness (QED) is 0.0751. The molecule has 0 aliphatic carbocycles. The second-order valence-corrected chi connectivity index (χ2v) is 15.5. The molecule has 3 aliphatic rings. The van der Waals surface area contributed by atoms with Gasteiger partial charge in [0.25, 0.3) is 5.91 Å². The molecule has 5 aromatic rings. The summed E-state index contributed by atoms with van der Waals surface area (Å²) in [6, 6.07) is 36.6. The molecule has 5 aromatic carbocycles. The maximum absolute atomic E-state index is 11.7. The van der Waals surface area contributed by atoms with E-state index >= 15 is 0 Å². The maximum Gasteiger partial charge on any atom is 0.337 e. The Balaban J connectivity index is 0.000000271. The molecule has 19 heteroatoms. The lowest BCUT2D eigenvalue weighted by molar-refractivity contribution is 0.0591. The van der Waals surface area contributed by atoms with Gasteiger partial charge in [-0.05, 0) is 60.7 Å². The summed E-state index contributed by atoms with van der Waals surface area (Å²) in [5, 5.41) is 12.1. The molecule has 3 N–H and O–H groups in total. The summed E-state index contributed by atoms with van der Waals surface area (Å²) in [5.41, 5.74) is 8.24. The topological polar surface area (TPSA) is 176 Å². The average Bonchev–Trinajstić information content (AvgIpc) is 3.77. The van der Waals surface area contributed by atoms with Gasteiger partial charge in [-0.3, -0.25) is 10.0 Å². The third kappa shape index (κ3) is 15.7. The van der Waals surface area contributed by atoms with E-state index in [0.29, 0.717) is 81.7 Å². The molecule has 3 atom stereocenters. The van der Waals surface area contributed by atoms with E-state index in [0.717, 1.165) is 39.6 Å². The lowest BCUT2D eigenvalue weighted by Crippen LogP contribution is -2.40. The van der Waals surface area contributed by atoms with E-state index in [1.807, 2.05) is 54.6 Å². The van der Waals surface area contributed by atoms with E-state index in [4.69, 9.17) is 38.4 Å². The third-order valence-corrected chi connectivity index (χ3v) is 11.1. The van der Waals surface area contributed by atoms with Crippen molar-refractivity contribution in [1.29, 1.82) is 0 Å². The highest BCUT2D eigenvalue weighted by atomic mass is 32.1. The van der Waals surface area contributed by atoms with Crippen molar-refractivity contribution >= 4 is 69.7 Å². The molecule has 0 spiro atoms. The molecule has 0 saturated heterocycles. The Kier molecular flexibility index (Phi) is 24.6. The van der Waals surface area contributed by atoms with Crippen LogP contribution in [0.4, 0.5) is 11.4 Å². The van der Waals surface area contributed by atoms with Crippen LogP contribution in [0.3, 0.4) is 0 Å². The van der Waals surface area contributed by atoms with Crippen molar-refractivity contribution in [3.05, 3.63) is 149 Å². The number of para-hydroxylation sites is 2. The van der Waals surface area contributed by atoms with Gasteiger partial charge >= 0.3 is 11.9 Å². The van der Waals surface area contributed by atoms with Crippen molar-refractivity contribution in [2.75, 3.05) is 85.0 Å². The first kappa shape index (κ1) is 57.7. The molecule has 69 heavy (non-hydrogen) atoms. The smallest absolute Gasteiger partial charge is 0.337 e. The first-order valence-electron chi connectivity index (χ1n) is 21.4. The van der Waals surface area contributed by atoms with Crippen molar-refractivity contribution in [2.45, 2.75) is 37.8 Å². The van der Waals surface area contributed by atoms with Crippen LogP contribution < -0.4 is 34.8 Å². The molecule has 8 rings (SSSR count). The zero-order chi connectivity index (χ0) is 46.8. The fraction of sp³-hybridized carbons (Fsp3) is 0.340. The molecule has 1 amide bonds. The van der Waals surface area contributed by atoms with Crippen LogP contribution in [0.1, 0.15) is 47.8 Å². The van der Waals surface area contributed by atoms with E-state index < -0.39 is 5.91 Å². The van der Waals surface area contributed by atoms with Crippen LogP contribution in [0.2, 0.25) is 0 Å². The summed E-state index contributed by atoms with van der Waals surface area (Å²) in [5.74, 6) is 0.821. The number of benzene rings is 5. The summed E-state index contributed by atoms with van der Waals surface area (Å²) in [4.78, 5) is 39.3. The highest BCUT2D eigenvalue weighted by Crippen LogP contribution is 2.32. The fourth-order valence-corrected chi connectivity index (χ4v) is 7.66. The Hall–Kier alpha value is -5.64. The monoisotopic (exact) mass is 1010 g/mol. The SMILES string of the molecule is COC[C@H]1COc2cc(C(=O)NO)ccc2CN1c1ccccc1.COC[C@H]1COc2cc(C(=O)OC)ccc2CN1.COC[C@H]1COc2cc(C(=O)OC)ccc2CN1c1ccccc1.S.S.S. The van der Waals surface area contributed by atoms with Crippen molar-refractivity contribution in [2.24, 2.45) is 0 Å². The second kappa shape index (κ2) is 29.4. The number of nitrogens with one attached hydrogen (secondary N) is 2. The van der Waals surface area contributed by atoms with Crippen molar-refractivity contribution in [3.8, 4) is 17.2 Å². The number of carbonyl (C=O) groups is 3. The number of hydroxylamine groups is 1. The number of amides is 1. The van der Waals surface area contributed by atoms with Gasteiger partial charge in [-0.2, -0.15) is 40.5 Å². The van der Waals surface area contributed by atoms with Gasteiger partial charge in [0.15, 0.2) is 0 Å². The van der Waals surface area contributed by atoms with Crippen molar-refractivity contribution in [1.82, 2.24) is 10.8 Å². The van der Waals surface area contributed by atoms with Gasteiger partial charge in [-0.15, -0.1) is 0 Å². The summed E-state index contributed by atoms with van der Waals surface area (Å²) in [6.45, 7) is 5.18. The number of rotatable bonds is 11. The van der Waals surface area contributed by atoms with Crippen LogP contribution in [0.5, 0.6) is 17.2 Å². The Bertz CT molecular complexity index is 2250. The lowest BCUT2D eigenvalue weighted by atomic mass is 10.1. The standard InChI is InChI=1S/C19H21NO4.C18H20N2O4.C13H17NO4.3H2S/c1-22-12-17-13-24-18-10-14(19(21)23-2)8-9-15(18)11-20(17)16-6-4-3-5-7-16;1-23-11-16-12-24-17-9-13(18(21)19-22)7-8-14(17)10-20(16)15-5-3-2-4-6-15;1-16-7-11-8-18-12-5-9(13(15)17-2)3-4-10(12)6-14-11;;;/h3-10,17H,11-13H2,1-2H3;2-9,16,22H,10-12H2,1H3,(H,19,21);3-5,11,14H,6-8H2,1-2H3;3*1H2/t17-;16-;11-;;;/m000.../s1. The van der Waals surface area contributed by atoms with Crippen LogP contribution in [-0.4, -0.2) is 116 Å². The van der Waals surface area contributed by atoms with Crippen molar-refractivity contribution < 1.29 is 57.5 Å². The van der Waals surface area contributed by atoms with Gasteiger partial charge < -0.3 is 53.0 Å². The Labute approximate surface area is 424 Å². The van der Waals surface area contributed by atoms with E-state index in [1.54, 1.807) is 63.2 Å². The van der Waals surface area contributed by atoms with E-state index in [9.17, 15) is 14.4 Å². The first-order chi connectivity index (χ1) is 32.2. The summed E-state index contributed by atoms with van der Waals surface area (Å²) < 4.78 is 42.9. The van der Waals surface area contributed by atoms with E-state index in [1.165, 1.54) is 14.2 Å². The Morgan fingerprint density at radius 3 is 1.41 bits per heavy atom. The third-order valence-electron chi connectivity index (χ3n) is 11.1. The highest BCUT2D eigenvalue weighted by Gasteiger charge is 2.28. The van der Waals surface area contributed by atoms with Gasteiger partial charge in [0.2, 0.25) is 0 Å². The zero-order valence-corrected chi connectivity index (χ0v) is 42.4. The van der Waals surface area contributed by atoms with Crippen molar-refractivity contribution in [3.63, 3.8) is 0 Å². The molecule has 0 unspecified atom stereocenters. The summed E-state index contributed by atoms with van der Waals surface area (Å²) in [7, 11) is 7.77. The van der Waals surface area contributed by atoms with Crippen LogP contribution in [0, 0.1) is 0 Å². The number of fused-ring (bicyclic) bond motifs is 3. The number of anilines is 2. The molecule has 0 saturated carbocycles. The number of esters is 2. The van der Waals surface area contributed by atoms with Crippen LogP contribution >= 0.6 is 40.5 Å². The molecule has 3 heterocycles. The number of carbonyl (C=O) groups excluding carboxylic acids is 3. The minimum Gasteiger partial charge on any atom is -0.492 e. The number of methoxy groups -OCH3 is 5. The number of nitrogens with zero attached hydrogens (tertiary/aromatic N) is 2. The molecule has 0 fully saturated rings. The molecule has 374 valence electrons. The van der Waals surface area contributed by atoms with Crippen LogP contribution in [0.15, 0.2) is 115 Å². The Morgan fingerprint density at radius 2 is 0.971 bits per heavy atom. The summed E-state index contributed by atoms with van der Waals surface area (Å²) >= 11 is 0. The van der Waals surface area contributed by atoms with E-state index in [2.05, 4.69) is 44.1 Å². The number of ether oxygens (including phenoxy) is 8. The Morgan fingerprint density at radius 1 is 0.565 bits per heavy atom. The summed E-state index contributed by atoms with van der Waals surface area (Å²) in [6.07, 6.45) is 0. The average molecular weight is 1010 g/mol. The first-order valence-corrected chi connectivity index (χ1v) is 21.4. The minimum absolute atomic E-state index is 0. The van der Waals surface area contributed by atoms with Gasteiger partial charge in [-0.25, -0.2) is 15.1 Å². The molecule has 3 aliphatic heterocycles. The van der Waals surface area contributed by atoms with E-state index in [-0.39, 0.29) is 70.6 Å². The van der Waals surface area contributed by atoms with Crippen LogP contribution in [0.25, 0.3) is 0 Å². The number of hydrogen-bond donors (Lipinski definition) is 3. The molecular weight excluding hydrogens is 945 g/mol. The predicted octanol–water partition coefficient (Wildman–Crippen LogP) is 6.42. The highest BCUT2D eigenvalue weighted by molar-refractivity contribution is 7.59. The molecule has 0 radical (unpaired) electrons. The molecular formula is C50H64N4O12S3. The minimum atomic E-state index is -0.556. The number of hydrogen-bond acceptors (Lipinski definition) is 15. The largest absolute Gasteiger partial charge is 0.492 e. The maximum atomic E-state index is 11.7. The fourth-order valence-electron chi connectivity index (χ4n) is 7.66. The second-order valence-electron chi connectivity index (χ2n) is 15.5. The predicted molar refractivity (Wildman–Crippen MR) is 278 cm³/mol. The van der Waals surface area contributed by atoms with Gasteiger partial charge in [0.1, 0.15) is 37.1 Å². The molecule has 0 bridgehead atoms.